The van der Waals surface area contributed by atoms with Crippen molar-refractivity contribution in [2.24, 2.45) is 0 Å². The Balaban J connectivity index is 1.59. The van der Waals surface area contributed by atoms with Gasteiger partial charge in [-0.3, -0.25) is 4.79 Å². The van der Waals surface area contributed by atoms with E-state index in [1.54, 1.807) is 12.1 Å². The van der Waals surface area contributed by atoms with Crippen LogP contribution < -0.4 is 20.3 Å². The molecule has 10 heteroatoms. The van der Waals surface area contributed by atoms with E-state index in [0.717, 1.165) is 17.1 Å². The molecule has 0 saturated heterocycles. The Labute approximate surface area is 164 Å². The summed E-state index contributed by atoms with van der Waals surface area (Å²) in [5.41, 5.74) is 2.32. The molecule has 0 fully saturated rings. The maximum absolute atomic E-state index is 12.5. The van der Waals surface area contributed by atoms with E-state index >= 15 is 0 Å². The molecule has 2 heterocycles. The second-order valence-corrected chi connectivity index (χ2v) is 8.54. The van der Waals surface area contributed by atoms with E-state index in [0.29, 0.717) is 31.0 Å². The predicted molar refractivity (Wildman–Crippen MR) is 108 cm³/mol. The molecule has 3 N–H and O–H groups in total. The third-order valence-electron chi connectivity index (χ3n) is 4.28. The number of carbonyl (C=O) groups is 1. The number of nitrogens with zero attached hydrogens (tertiary/aromatic N) is 3. The highest BCUT2D eigenvalue weighted by Gasteiger charge is 2.19. The van der Waals surface area contributed by atoms with Gasteiger partial charge in [-0.25, -0.2) is 18.1 Å². The van der Waals surface area contributed by atoms with Gasteiger partial charge in [-0.2, -0.15) is 4.98 Å². The number of carbonyl (C=O) groups excluding carboxylic acids is 1. The van der Waals surface area contributed by atoms with Crippen molar-refractivity contribution in [3.8, 4) is 0 Å². The van der Waals surface area contributed by atoms with Crippen LogP contribution in [-0.2, 0) is 21.2 Å². The van der Waals surface area contributed by atoms with Crippen LogP contribution in [0.3, 0.4) is 0 Å². The van der Waals surface area contributed by atoms with Crippen LogP contribution >= 0.6 is 0 Å². The van der Waals surface area contributed by atoms with Crippen molar-refractivity contribution in [2.45, 2.75) is 24.7 Å². The third-order valence-corrected chi connectivity index (χ3v) is 5.74. The zero-order valence-electron chi connectivity index (χ0n) is 16.1. The number of rotatable bonds is 7. The van der Waals surface area contributed by atoms with Gasteiger partial charge in [0.25, 0.3) is 0 Å². The summed E-state index contributed by atoms with van der Waals surface area (Å²) < 4.78 is 27.6. The number of aryl methyl sites for hydroxylation is 2. The summed E-state index contributed by atoms with van der Waals surface area (Å²) in [5.74, 6) is 1.17. The molecule has 0 saturated carbocycles. The summed E-state index contributed by atoms with van der Waals surface area (Å²) in [6.45, 7) is 2.41. The normalized spacial score (nSPS) is 13.6. The number of fused-ring (bicyclic) bond motifs is 1. The third kappa shape index (κ3) is 4.76. The second-order valence-electron chi connectivity index (χ2n) is 6.78. The molecule has 9 nitrogen and oxygen atoms in total. The van der Waals surface area contributed by atoms with Gasteiger partial charge in [0.05, 0.1) is 4.90 Å². The van der Waals surface area contributed by atoms with E-state index in [2.05, 4.69) is 25.3 Å². The molecule has 0 atom stereocenters. The number of benzene rings is 1. The summed E-state index contributed by atoms with van der Waals surface area (Å²) >= 11 is 0. The molecule has 0 unspecified atom stereocenters. The number of nitrogens with one attached hydrogen (secondary N) is 3. The lowest BCUT2D eigenvalue weighted by atomic mass is 10.0. The van der Waals surface area contributed by atoms with Crippen molar-refractivity contribution in [3.05, 3.63) is 35.5 Å². The number of sulfonamides is 1. The molecule has 2 aromatic rings. The Morgan fingerprint density at radius 3 is 2.68 bits per heavy atom. The van der Waals surface area contributed by atoms with Crippen LogP contribution in [0.4, 0.5) is 17.5 Å². The number of aromatic nitrogens is 2. The number of hydrogen-bond acceptors (Lipinski definition) is 7. The van der Waals surface area contributed by atoms with Crippen LogP contribution in [0.1, 0.15) is 17.7 Å². The summed E-state index contributed by atoms with van der Waals surface area (Å²) in [6.07, 6.45) is 0.893. The van der Waals surface area contributed by atoms with Gasteiger partial charge in [-0.1, -0.05) is 0 Å². The predicted octanol–water partition coefficient (Wildman–Crippen LogP) is 1.13. The van der Waals surface area contributed by atoms with Crippen LogP contribution in [0, 0.1) is 6.92 Å². The van der Waals surface area contributed by atoms with Crippen LogP contribution in [0.25, 0.3) is 0 Å². The molecule has 1 aliphatic rings. The highest BCUT2D eigenvalue weighted by atomic mass is 32.2. The topological polar surface area (TPSA) is 116 Å². The summed E-state index contributed by atoms with van der Waals surface area (Å²) in [7, 11) is 0.142. The van der Waals surface area contributed by atoms with Crippen LogP contribution in [0.15, 0.2) is 29.2 Å². The summed E-state index contributed by atoms with van der Waals surface area (Å²) in [6, 6.07) is 6.60. The maximum Gasteiger partial charge on any atom is 0.240 e. The van der Waals surface area contributed by atoms with Crippen LogP contribution in [0.5, 0.6) is 0 Å². The number of amides is 1. The van der Waals surface area contributed by atoms with Gasteiger partial charge in [0.15, 0.2) is 0 Å². The Kier molecular flexibility index (Phi) is 5.80. The molecule has 0 aliphatic carbocycles. The fourth-order valence-electron chi connectivity index (χ4n) is 2.83. The average Bonchev–Trinajstić information content (AvgIpc) is 2.64. The van der Waals surface area contributed by atoms with Crippen molar-refractivity contribution in [3.63, 3.8) is 0 Å². The zero-order valence-corrected chi connectivity index (χ0v) is 16.9. The Morgan fingerprint density at radius 1 is 1.14 bits per heavy atom. The molecule has 0 bridgehead atoms. The lowest BCUT2D eigenvalue weighted by Gasteiger charge is -2.17. The first kappa shape index (κ1) is 20.0. The van der Waals surface area contributed by atoms with Gasteiger partial charge in [0.2, 0.25) is 21.9 Å². The van der Waals surface area contributed by atoms with E-state index in [-0.39, 0.29) is 17.3 Å². The lowest BCUT2D eigenvalue weighted by Crippen LogP contribution is -2.29. The second kappa shape index (κ2) is 8.11. The Hall–Kier alpha value is -2.72. The molecule has 1 aromatic heterocycles. The SMILES string of the molecule is Cc1cc(N(C)C)nc(NCCNS(=O)(=O)c2ccc3c(c2)CCC(=O)N3)n1. The zero-order chi connectivity index (χ0) is 20.3. The van der Waals surface area contributed by atoms with Crippen molar-refractivity contribution in [1.82, 2.24) is 14.7 Å². The minimum Gasteiger partial charge on any atom is -0.363 e. The molecule has 1 aromatic carbocycles. The maximum atomic E-state index is 12.5. The van der Waals surface area contributed by atoms with Gasteiger partial charge in [-0.05, 0) is 37.1 Å². The van der Waals surface area contributed by atoms with E-state index < -0.39 is 10.0 Å². The standard InChI is InChI=1S/C18H24N6O3S/c1-12-10-16(24(2)3)23-18(21-12)19-8-9-20-28(26,27)14-5-6-15-13(11-14)4-7-17(25)22-15/h5-6,10-11,20H,4,7-9H2,1-3H3,(H,22,25)(H,19,21,23). The molecule has 1 amide bonds. The van der Waals surface area contributed by atoms with Gasteiger partial charge in [0.1, 0.15) is 5.82 Å². The number of anilines is 3. The van der Waals surface area contributed by atoms with Gasteiger partial charge in [0, 0.05) is 51.1 Å². The highest BCUT2D eigenvalue weighted by molar-refractivity contribution is 7.89. The fraction of sp³-hybridized carbons (Fsp3) is 0.389. The molecular weight excluding hydrogens is 380 g/mol. The Bertz CT molecular complexity index is 991. The van der Waals surface area contributed by atoms with E-state index in [1.165, 1.54) is 6.07 Å². The number of hydrogen-bond donors (Lipinski definition) is 3. The van der Waals surface area contributed by atoms with Crippen LogP contribution in [-0.4, -0.2) is 51.5 Å². The Morgan fingerprint density at radius 2 is 1.93 bits per heavy atom. The van der Waals surface area contributed by atoms with Gasteiger partial charge < -0.3 is 15.5 Å². The van der Waals surface area contributed by atoms with Gasteiger partial charge >= 0.3 is 0 Å². The largest absolute Gasteiger partial charge is 0.363 e. The first-order valence-corrected chi connectivity index (χ1v) is 10.4. The molecule has 0 radical (unpaired) electrons. The van der Waals surface area contributed by atoms with E-state index in [1.807, 2.05) is 32.0 Å². The van der Waals surface area contributed by atoms with Gasteiger partial charge in [-0.15, -0.1) is 0 Å². The molecule has 150 valence electrons. The molecule has 28 heavy (non-hydrogen) atoms. The lowest BCUT2D eigenvalue weighted by molar-refractivity contribution is -0.116. The first-order valence-electron chi connectivity index (χ1n) is 8.94. The summed E-state index contributed by atoms with van der Waals surface area (Å²) in [4.78, 5) is 22.2. The molecular formula is C18H24N6O3S. The van der Waals surface area contributed by atoms with Crippen molar-refractivity contribution >= 4 is 33.4 Å². The monoisotopic (exact) mass is 404 g/mol. The van der Waals surface area contributed by atoms with Crippen molar-refractivity contribution in [2.75, 3.05) is 42.7 Å². The molecule has 0 spiro atoms. The smallest absolute Gasteiger partial charge is 0.240 e. The summed E-state index contributed by atoms with van der Waals surface area (Å²) in [5, 5.41) is 5.78. The quantitative estimate of drug-likeness (QED) is 0.592. The average molecular weight is 404 g/mol. The minimum absolute atomic E-state index is 0.0527. The van der Waals surface area contributed by atoms with E-state index in [4.69, 9.17) is 0 Å². The van der Waals surface area contributed by atoms with Crippen LogP contribution in [0.2, 0.25) is 0 Å². The first-order chi connectivity index (χ1) is 13.2. The van der Waals surface area contributed by atoms with E-state index in [9.17, 15) is 13.2 Å². The van der Waals surface area contributed by atoms with Crippen molar-refractivity contribution in [1.29, 1.82) is 0 Å². The fourth-order valence-corrected chi connectivity index (χ4v) is 3.91. The molecule has 3 rings (SSSR count). The minimum atomic E-state index is -3.64. The molecule has 1 aliphatic heterocycles. The highest BCUT2D eigenvalue weighted by Crippen LogP contribution is 2.25. The van der Waals surface area contributed by atoms with Crippen molar-refractivity contribution < 1.29 is 13.2 Å².